The summed E-state index contributed by atoms with van der Waals surface area (Å²) >= 11 is 0. The van der Waals surface area contributed by atoms with Crippen LogP contribution in [0.3, 0.4) is 0 Å². The minimum atomic E-state index is -0.413. The summed E-state index contributed by atoms with van der Waals surface area (Å²) in [6, 6.07) is 2.72. The average molecular weight is 295 g/mol. The topological polar surface area (TPSA) is 12.0 Å². The molecule has 1 aromatic carbocycles. The number of rotatable bonds is 5. The molecule has 3 heteroatoms. The fourth-order valence-electron chi connectivity index (χ4n) is 3.83. The number of nitrogens with one attached hydrogen (secondary N) is 1. The fraction of sp³-hybridized carbons (Fsp3) is 0.667. The molecule has 0 heterocycles. The van der Waals surface area contributed by atoms with Crippen molar-refractivity contribution >= 4 is 0 Å². The summed E-state index contributed by atoms with van der Waals surface area (Å²) in [5.74, 6) is 0.0995. The maximum Gasteiger partial charge on any atom is 0.133 e. The van der Waals surface area contributed by atoms with Gasteiger partial charge >= 0.3 is 0 Å². The van der Waals surface area contributed by atoms with E-state index in [-0.39, 0.29) is 17.4 Å². The van der Waals surface area contributed by atoms with E-state index in [1.54, 1.807) is 6.92 Å². The predicted molar refractivity (Wildman–Crippen MR) is 83.3 cm³/mol. The zero-order chi connectivity index (χ0) is 15.4. The molecule has 1 saturated carbocycles. The van der Waals surface area contributed by atoms with E-state index in [1.165, 1.54) is 25.0 Å². The van der Waals surface area contributed by atoms with Crippen molar-refractivity contribution < 1.29 is 8.78 Å². The van der Waals surface area contributed by atoms with Crippen LogP contribution in [0.15, 0.2) is 12.1 Å². The van der Waals surface area contributed by atoms with E-state index < -0.39 is 5.82 Å². The van der Waals surface area contributed by atoms with Crippen LogP contribution in [0.1, 0.15) is 63.1 Å². The van der Waals surface area contributed by atoms with Crippen molar-refractivity contribution in [3.63, 3.8) is 0 Å². The summed E-state index contributed by atoms with van der Waals surface area (Å²) in [6.07, 6.45) is 5.73. The first-order chi connectivity index (χ1) is 10.1. The highest BCUT2D eigenvalue weighted by Crippen LogP contribution is 2.41. The molecular weight excluding hydrogens is 268 g/mol. The number of halogens is 2. The van der Waals surface area contributed by atoms with Gasteiger partial charge in [-0.2, -0.15) is 0 Å². The van der Waals surface area contributed by atoms with Crippen LogP contribution in [0.4, 0.5) is 8.78 Å². The molecule has 0 radical (unpaired) electrons. The van der Waals surface area contributed by atoms with Crippen molar-refractivity contribution in [1.82, 2.24) is 5.32 Å². The lowest BCUT2D eigenvalue weighted by Gasteiger charge is -2.38. The Morgan fingerprint density at radius 2 is 1.90 bits per heavy atom. The van der Waals surface area contributed by atoms with E-state index in [1.807, 2.05) is 6.92 Å². The summed E-state index contributed by atoms with van der Waals surface area (Å²) in [5, 5.41) is 3.36. The van der Waals surface area contributed by atoms with Crippen LogP contribution in [-0.2, 0) is 0 Å². The minimum Gasteiger partial charge on any atom is -0.310 e. The third kappa shape index (κ3) is 3.45. The van der Waals surface area contributed by atoms with E-state index in [9.17, 15) is 8.78 Å². The van der Waals surface area contributed by atoms with Gasteiger partial charge in [-0.1, -0.05) is 45.6 Å². The quantitative estimate of drug-likeness (QED) is 0.793. The second-order valence-electron chi connectivity index (χ2n) is 6.24. The van der Waals surface area contributed by atoms with Gasteiger partial charge in [0.1, 0.15) is 11.6 Å². The third-order valence-electron chi connectivity index (χ3n) is 4.98. The van der Waals surface area contributed by atoms with Gasteiger partial charge < -0.3 is 5.32 Å². The molecule has 3 unspecified atom stereocenters. The number of hydrogen-bond acceptors (Lipinski definition) is 1. The van der Waals surface area contributed by atoms with Gasteiger partial charge in [-0.25, -0.2) is 8.78 Å². The number of aryl methyl sites for hydroxylation is 1. The van der Waals surface area contributed by atoms with Crippen LogP contribution in [0.5, 0.6) is 0 Å². The van der Waals surface area contributed by atoms with Crippen LogP contribution in [0.25, 0.3) is 0 Å². The van der Waals surface area contributed by atoms with Crippen molar-refractivity contribution in [2.75, 3.05) is 6.54 Å². The molecule has 1 nitrogen and oxygen atoms in total. The third-order valence-corrected chi connectivity index (χ3v) is 4.98. The lowest BCUT2D eigenvalue weighted by atomic mass is 9.72. The molecule has 0 bridgehead atoms. The van der Waals surface area contributed by atoms with Gasteiger partial charge in [0.05, 0.1) is 0 Å². The molecule has 0 saturated heterocycles. The summed E-state index contributed by atoms with van der Waals surface area (Å²) in [7, 11) is 0. The molecule has 1 N–H and O–H groups in total. The molecule has 0 spiro atoms. The molecule has 2 rings (SSSR count). The second kappa shape index (κ2) is 7.35. The molecule has 1 aliphatic carbocycles. The SMILES string of the molecule is CCNC(c1c(F)ccc(C)c1F)C1CCCCC1CC. The molecule has 21 heavy (non-hydrogen) atoms. The normalized spacial score (nSPS) is 24.0. The number of benzene rings is 1. The molecule has 0 aromatic heterocycles. The molecular formula is C18H27F2N. The Hall–Kier alpha value is -0.960. The minimum absolute atomic E-state index is 0.208. The molecule has 118 valence electrons. The molecule has 1 aromatic rings. The van der Waals surface area contributed by atoms with Crippen LogP contribution in [-0.4, -0.2) is 6.54 Å². The Morgan fingerprint density at radius 1 is 1.19 bits per heavy atom. The van der Waals surface area contributed by atoms with Crippen LogP contribution >= 0.6 is 0 Å². The van der Waals surface area contributed by atoms with E-state index in [4.69, 9.17) is 0 Å². The summed E-state index contributed by atoms with van der Waals surface area (Å²) in [6.45, 7) is 6.63. The van der Waals surface area contributed by atoms with Crippen molar-refractivity contribution in [2.45, 2.75) is 58.9 Å². The molecule has 0 amide bonds. The molecule has 3 atom stereocenters. The van der Waals surface area contributed by atoms with Gasteiger partial charge in [-0.3, -0.25) is 0 Å². The van der Waals surface area contributed by atoms with Crippen molar-refractivity contribution in [3.05, 3.63) is 34.9 Å². The monoisotopic (exact) mass is 295 g/mol. The Bertz CT molecular complexity index is 473. The zero-order valence-electron chi connectivity index (χ0n) is 13.4. The first kappa shape index (κ1) is 16.4. The lowest BCUT2D eigenvalue weighted by Crippen LogP contribution is -2.35. The molecule has 1 fully saturated rings. The predicted octanol–water partition coefficient (Wildman–Crippen LogP) is 5.14. The van der Waals surface area contributed by atoms with Crippen molar-refractivity contribution in [1.29, 1.82) is 0 Å². The Morgan fingerprint density at radius 3 is 2.57 bits per heavy atom. The fourth-order valence-corrected chi connectivity index (χ4v) is 3.83. The van der Waals surface area contributed by atoms with Gasteiger partial charge in [0, 0.05) is 11.6 Å². The first-order valence-electron chi connectivity index (χ1n) is 8.28. The highest BCUT2D eigenvalue weighted by molar-refractivity contribution is 5.30. The average Bonchev–Trinajstić information content (AvgIpc) is 2.50. The van der Waals surface area contributed by atoms with Crippen molar-refractivity contribution in [3.8, 4) is 0 Å². The maximum absolute atomic E-state index is 14.5. The van der Waals surface area contributed by atoms with Gasteiger partial charge in [-0.15, -0.1) is 0 Å². The number of hydrogen-bond donors (Lipinski definition) is 1. The van der Waals surface area contributed by atoms with Gasteiger partial charge in [0.25, 0.3) is 0 Å². The van der Waals surface area contributed by atoms with Crippen LogP contribution in [0, 0.1) is 30.4 Å². The second-order valence-corrected chi connectivity index (χ2v) is 6.24. The van der Waals surface area contributed by atoms with E-state index in [2.05, 4.69) is 12.2 Å². The largest absolute Gasteiger partial charge is 0.310 e. The van der Waals surface area contributed by atoms with E-state index >= 15 is 0 Å². The smallest absolute Gasteiger partial charge is 0.133 e. The van der Waals surface area contributed by atoms with Crippen LogP contribution < -0.4 is 5.32 Å². The van der Waals surface area contributed by atoms with E-state index in [0.717, 1.165) is 25.8 Å². The van der Waals surface area contributed by atoms with Crippen molar-refractivity contribution in [2.24, 2.45) is 11.8 Å². The van der Waals surface area contributed by atoms with Gasteiger partial charge in [-0.05, 0) is 43.4 Å². The van der Waals surface area contributed by atoms with E-state index in [0.29, 0.717) is 17.4 Å². The highest BCUT2D eigenvalue weighted by Gasteiger charge is 2.34. The lowest BCUT2D eigenvalue weighted by molar-refractivity contribution is 0.171. The summed E-state index contributed by atoms with van der Waals surface area (Å²) < 4.78 is 28.9. The highest BCUT2D eigenvalue weighted by atomic mass is 19.1. The van der Waals surface area contributed by atoms with Crippen LogP contribution in [0.2, 0.25) is 0 Å². The van der Waals surface area contributed by atoms with Gasteiger partial charge in [0.2, 0.25) is 0 Å². The Labute approximate surface area is 127 Å². The summed E-state index contributed by atoms with van der Waals surface area (Å²) in [5.41, 5.74) is 0.778. The summed E-state index contributed by atoms with van der Waals surface area (Å²) in [4.78, 5) is 0. The maximum atomic E-state index is 14.5. The first-order valence-corrected chi connectivity index (χ1v) is 8.28. The molecule has 1 aliphatic rings. The Kier molecular flexibility index (Phi) is 5.74. The standard InChI is InChI=1S/C18H27F2N/c1-4-13-8-6-7-9-14(13)18(21-5-2)16-15(19)11-10-12(3)17(16)20/h10-11,13-14,18,21H,4-9H2,1-3H3. The molecule has 0 aliphatic heterocycles. The Balaban J connectivity index is 2.41. The van der Waals surface area contributed by atoms with Gasteiger partial charge in [0.15, 0.2) is 0 Å². The zero-order valence-corrected chi connectivity index (χ0v) is 13.4.